The van der Waals surface area contributed by atoms with Crippen molar-refractivity contribution >= 4 is 33.8 Å². The van der Waals surface area contributed by atoms with E-state index in [1.807, 2.05) is 31.1 Å². The predicted molar refractivity (Wildman–Crippen MR) is 89.9 cm³/mol. The first kappa shape index (κ1) is 15.5. The van der Waals surface area contributed by atoms with Gasteiger partial charge >= 0.3 is 0 Å². The van der Waals surface area contributed by atoms with Crippen LogP contribution < -0.4 is 15.5 Å². The number of halogens is 1. The Kier molecular flexibility index (Phi) is 4.95. The van der Waals surface area contributed by atoms with Gasteiger partial charge in [-0.25, -0.2) is 0 Å². The van der Waals surface area contributed by atoms with Gasteiger partial charge in [-0.1, -0.05) is 28.1 Å². The van der Waals surface area contributed by atoms with E-state index in [1.165, 1.54) is 0 Å². The van der Waals surface area contributed by atoms with Crippen LogP contribution in [0.5, 0.6) is 0 Å². The van der Waals surface area contributed by atoms with Gasteiger partial charge in [0.1, 0.15) is 0 Å². The van der Waals surface area contributed by atoms with E-state index in [1.54, 1.807) is 7.05 Å². The monoisotopic (exact) mass is 350 g/mol. The molecule has 6 nitrogen and oxygen atoms in total. The number of aromatic nitrogens is 3. The highest BCUT2D eigenvalue weighted by Gasteiger charge is 2.11. The average Bonchev–Trinajstić information content (AvgIpc) is 2.47. The van der Waals surface area contributed by atoms with Gasteiger partial charge in [0.15, 0.2) is 0 Å². The van der Waals surface area contributed by atoms with Gasteiger partial charge in [0.05, 0.1) is 6.04 Å². The molecule has 0 aliphatic rings. The zero-order valence-corrected chi connectivity index (χ0v) is 14.1. The smallest absolute Gasteiger partial charge is 0.231 e. The number of nitrogens with one attached hydrogen (secondary N) is 2. The summed E-state index contributed by atoms with van der Waals surface area (Å²) in [4.78, 5) is 14.9. The molecule has 0 spiro atoms. The lowest BCUT2D eigenvalue weighted by molar-refractivity contribution is 0.848. The molecule has 0 bridgehead atoms. The second-order valence-corrected chi connectivity index (χ2v) is 5.76. The summed E-state index contributed by atoms with van der Waals surface area (Å²) in [5.41, 5.74) is 1.16. The summed E-state index contributed by atoms with van der Waals surface area (Å²) < 4.78 is 1.06. The highest BCUT2D eigenvalue weighted by molar-refractivity contribution is 9.10. The lowest BCUT2D eigenvalue weighted by Crippen LogP contribution is -2.17. The van der Waals surface area contributed by atoms with Crippen molar-refractivity contribution in [2.45, 2.75) is 13.0 Å². The Bertz CT molecular complexity index is 599. The van der Waals surface area contributed by atoms with Crippen LogP contribution in [0, 0.1) is 0 Å². The highest BCUT2D eigenvalue weighted by Crippen LogP contribution is 2.20. The summed E-state index contributed by atoms with van der Waals surface area (Å²) in [6.45, 7) is 2.07. The van der Waals surface area contributed by atoms with E-state index >= 15 is 0 Å². The van der Waals surface area contributed by atoms with E-state index in [0.29, 0.717) is 17.8 Å². The van der Waals surface area contributed by atoms with Gasteiger partial charge in [-0.2, -0.15) is 15.0 Å². The van der Waals surface area contributed by atoms with Crippen molar-refractivity contribution in [3.05, 3.63) is 34.3 Å². The summed E-state index contributed by atoms with van der Waals surface area (Å²) in [5.74, 6) is 1.70. The fourth-order valence-electron chi connectivity index (χ4n) is 1.77. The van der Waals surface area contributed by atoms with Crippen LogP contribution in [-0.2, 0) is 0 Å². The first-order valence-corrected chi connectivity index (χ1v) is 7.42. The highest BCUT2D eigenvalue weighted by atomic mass is 79.9. The van der Waals surface area contributed by atoms with Crippen molar-refractivity contribution in [1.29, 1.82) is 0 Å². The van der Waals surface area contributed by atoms with Crippen LogP contribution in [0.25, 0.3) is 0 Å². The Labute approximate surface area is 133 Å². The fourth-order valence-corrected chi connectivity index (χ4v) is 2.03. The molecule has 21 heavy (non-hydrogen) atoms. The molecule has 0 amide bonds. The Morgan fingerprint density at radius 1 is 1.05 bits per heavy atom. The maximum Gasteiger partial charge on any atom is 0.231 e. The Balaban J connectivity index is 2.21. The number of benzene rings is 1. The fraction of sp³-hybridized carbons (Fsp3) is 0.357. The summed E-state index contributed by atoms with van der Waals surface area (Å²) in [7, 11) is 5.59. The molecule has 1 aromatic carbocycles. The first-order chi connectivity index (χ1) is 9.99. The van der Waals surface area contributed by atoms with Crippen LogP contribution in [0.4, 0.5) is 17.8 Å². The molecular formula is C14H19BrN6. The van der Waals surface area contributed by atoms with Crippen molar-refractivity contribution in [3.8, 4) is 0 Å². The van der Waals surface area contributed by atoms with E-state index in [9.17, 15) is 0 Å². The Hall–Kier alpha value is -1.89. The van der Waals surface area contributed by atoms with E-state index in [-0.39, 0.29) is 6.04 Å². The molecule has 0 aliphatic heterocycles. The van der Waals surface area contributed by atoms with Crippen LogP contribution in [0.3, 0.4) is 0 Å². The van der Waals surface area contributed by atoms with Crippen LogP contribution in [0.2, 0.25) is 0 Å². The standard InChI is InChI=1S/C14H19BrN6/c1-9(10-5-7-11(15)8-6-10)17-13-18-12(16-2)19-14(20-13)21(3)4/h5-9H,1-4H3,(H2,16,17,18,19,20). The number of hydrogen-bond donors (Lipinski definition) is 2. The van der Waals surface area contributed by atoms with Crippen LogP contribution in [0.1, 0.15) is 18.5 Å². The number of nitrogens with zero attached hydrogens (tertiary/aromatic N) is 4. The summed E-state index contributed by atoms with van der Waals surface area (Å²) in [6.07, 6.45) is 0. The van der Waals surface area contributed by atoms with E-state index < -0.39 is 0 Å². The molecule has 2 aromatic rings. The van der Waals surface area contributed by atoms with Crippen LogP contribution in [-0.4, -0.2) is 36.1 Å². The quantitative estimate of drug-likeness (QED) is 0.864. The van der Waals surface area contributed by atoms with Gasteiger partial charge in [0.25, 0.3) is 0 Å². The minimum atomic E-state index is 0.0974. The summed E-state index contributed by atoms with van der Waals surface area (Å²) in [6, 6.07) is 8.26. The molecule has 7 heteroatoms. The van der Waals surface area contributed by atoms with Crippen molar-refractivity contribution in [2.24, 2.45) is 0 Å². The van der Waals surface area contributed by atoms with Crippen molar-refractivity contribution in [3.63, 3.8) is 0 Å². The number of rotatable bonds is 5. The van der Waals surface area contributed by atoms with Gasteiger partial charge < -0.3 is 15.5 Å². The number of hydrogen-bond acceptors (Lipinski definition) is 6. The minimum Gasteiger partial charge on any atom is -0.357 e. The third kappa shape index (κ3) is 4.04. The predicted octanol–water partition coefficient (Wildman–Crippen LogP) is 2.91. The van der Waals surface area contributed by atoms with Crippen molar-refractivity contribution in [1.82, 2.24) is 15.0 Å². The molecule has 0 aliphatic carbocycles. The molecule has 0 radical (unpaired) electrons. The molecule has 1 atom stereocenters. The summed E-state index contributed by atoms with van der Waals surface area (Å²) >= 11 is 3.44. The lowest BCUT2D eigenvalue weighted by atomic mass is 10.1. The van der Waals surface area contributed by atoms with Gasteiger partial charge in [-0.05, 0) is 24.6 Å². The molecule has 1 aromatic heterocycles. The van der Waals surface area contributed by atoms with Crippen LogP contribution in [0.15, 0.2) is 28.7 Å². The Morgan fingerprint density at radius 2 is 1.67 bits per heavy atom. The molecule has 2 rings (SSSR count). The van der Waals surface area contributed by atoms with Gasteiger partial charge in [-0.3, -0.25) is 0 Å². The third-order valence-corrected chi connectivity index (χ3v) is 3.49. The zero-order valence-electron chi connectivity index (χ0n) is 12.6. The molecule has 0 fully saturated rings. The van der Waals surface area contributed by atoms with Crippen LogP contribution >= 0.6 is 15.9 Å². The maximum absolute atomic E-state index is 4.41. The maximum atomic E-state index is 4.41. The molecular weight excluding hydrogens is 332 g/mol. The van der Waals surface area contributed by atoms with Gasteiger partial charge in [-0.15, -0.1) is 0 Å². The number of anilines is 3. The second-order valence-electron chi connectivity index (χ2n) is 4.84. The molecule has 1 heterocycles. The SMILES string of the molecule is CNc1nc(NC(C)c2ccc(Br)cc2)nc(N(C)C)n1. The minimum absolute atomic E-state index is 0.0974. The third-order valence-electron chi connectivity index (χ3n) is 2.96. The molecule has 0 saturated carbocycles. The van der Waals surface area contributed by atoms with Crippen molar-refractivity contribution in [2.75, 3.05) is 36.7 Å². The van der Waals surface area contributed by atoms with E-state index in [0.717, 1.165) is 10.0 Å². The molecule has 0 saturated heterocycles. The molecule has 1 unspecified atom stereocenters. The average molecular weight is 351 g/mol. The van der Waals surface area contributed by atoms with Crippen molar-refractivity contribution < 1.29 is 0 Å². The Morgan fingerprint density at radius 3 is 2.24 bits per heavy atom. The van der Waals surface area contributed by atoms with Gasteiger partial charge in [0.2, 0.25) is 17.8 Å². The second kappa shape index (κ2) is 6.71. The largest absolute Gasteiger partial charge is 0.357 e. The topological polar surface area (TPSA) is 66.0 Å². The van der Waals surface area contributed by atoms with Gasteiger partial charge in [0, 0.05) is 25.6 Å². The molecule has 2 N–H and O–H groups in total. The normalized spacial score (nSPS) is 11.9. The lowest BCUT2D eigenvalue weighted by Gasteiger charge is -2.17. The zero-order chi connectivity index (χ0) is 15.4. The van der Waals surface area contributed by atoms with E-state index in [4.69, 9.17) is 0 Å². The van der Waals surface area contributed by atoms with E-state index in [2.05, 4.69) is 60.6 Å². The first-order valence-electron chi connectivity index (χ1n) is 6.62. The molecule has 112 valence electrons. The summed E-state index contributed by atoms with van der Waals surface area (Å²) in [5, 5.41) is 6.25.